The molecule has 4 nitrogen and oxygen atoms in total. The summed E-state index contributed by atoms with van der Waals surface area (Å²) in [4.78, 5) is 11.1. The van der Waals surface area contributed by atoms with Gasteiger partial charge in [-0.15, -0.1) is 0 Å². The molecule has 0 atom stereocenters. The number of nitrogens with two attached hydrogens (primary N) is 1. The molecule has 2 rings (SSSR count). The second-order valence-electron chi connectivity index (χ2n) is 4.80. The fourth-order valence-corrected chi connectivity index (χ4v) is 2.10. The fraction of sp³-hybridized carbons (Fsp3) is 0.176. The number of carbonyl (C=O) groups is 1. The first kappa shape index (κ1) is 14.8. The number of carbonyl (C=O) groups excluding carboxylic acids is 1. The summed E-state index contributed by atoms with van der Waals surface area (Å²) in [6.07, 6.45) is 0.819. The number of nitrogens with zero attached hydrogens (tertiary/aromatic N) is 1. The first-order chi connectivity index (χ1) is 10.2. The van der Waals surface area contributed by atoms with Gasteiger partial charge >= 0.3 is 0 Å². The Balaban J connectivity index is 1.83. The minimum Gasteiger partial charge on any atom is -0.366 e. The van der Waals surface area contributed by atoms with Gasteiger partial charge in [-0.1, -0.05) is 24.3 Å². The molecule has 3 N–H and O–H groups in total. The molecule has 0 spiro atoms. The van der Waals surface area contributed by atoms with Gasteiger partial charge in [0, 0.05) is 12.1 Å². The topological polar surface area (TPSA) is 78.9 Å². The normalized spacial score (nSPS) is 10.0. The van der Waals surface area contributed by atoms with E-state index >= 15 is 0 Å². The largest absolute Gasteiger partial charge is 0.366 e. The molecule has 0 fully saturated rings. The summed E-state index contributed by atoms with van der Waals surface area (Å²) in [5.41, 5.74) is 8.62. The maximum absolute atomic E-state index is 11.1. The third-order valence-electron chi connectivity index (χ3n) is 3.19. The van der Waals surface area contributed by atoms with E-state index < -0.39 is 5.91 Å². The maximum Gasteiger partial charge on any atom is 0.248 e. The van der Waals surface area contributed by atoms with E-state index in [2.05, 4.69) is 11.4 Å². The van der Waals surface area contributed by atoms with Crippen molar-refractivity contribution in [3.8, 4) is 6.07 Å². The molecule has 0 radical (unpaired) electrons. The van der Waals surface area contributed by atoms with E-state index in [-0.39, 0.29) is 0 Å². The van der Waals surface area contributed by atoms with E-state index in [1.165, 1.54) is 0 Å². The zero-order valence-corrected chi connectivity index (χ0v) is 11.7. The van der Waals surface area contributed by atoms with Gasteiger partial charge in [0.25, 0.3) is 0 Å². The molecule has 0 saturated heterocycles. The van der Waals surface area contributed by atoms with E-state index in [0.29, 0.717) is 17.7 Å². The van der Waals surface area contributed by atoms with Crippen molar-refractivity contribution in [1.29, 1.82) is 5.26 Å². The average Bonchev–Trinajstić information content (AvgIpc) is 2.52. The van der Waals surface area contributed by atoms with Crippen molar-refractivity contribution in [2.24, 2.45) is 5.73 Å². The molecule has 0 aliphatic carbocycles. The molecule has 0 heterocycles. The van der Waals surface area contributed by atoms with Crippen LogP contribution >= 0.6 is 0 Å². The number of hydrogen-bond acceptors (Lipinski definition) is 3. The van der Waals surface area contributed by atoms with E-state index in [1.54, 1.807) is 12.1 Å². The van der Waals surface area contributed by atoms with Crippen LogP contribution < -0.4 is 11.1 Å². The molecule has 106 valence electrons. The minimum atomic E-state index is -0.405. The van der Waals surface area contributed by atoms with Crippen LogP contribution in [0.1, 0.15) is 27.0 Å². The number of primary amides is 1. The van der Waals surface area contributed by atoms with Crippen molar-refractivity contribution in [2.75, 3.05) is 6.54 Å². The van der Waals surface area contributed by atoms with Gasteiger partial charge in [0.2, 0.25) is 5.91 Å². The highest BCUT2D eigenvalue weighted by molar-refractivity contribution is 5.92. The molecule has 2 aromatic rings. The lowest BCUT2D eigenvalue weighted by Gasteiger charge is -2.06. The third-order valence-corrected chi connectivity index (χ3v) is 3.19. The lowest BCUT2D eigenvalue weighted by atomic mass is 10.1. The monoisotopic (exact) mass is 279 g/mol. The summed E-state index contributed by atoms with van der Waals surface area (Å²) in [7, 11) is 0. The molecule has 2 aromatic carbocycles. The number of nitrogens with one attached hydrogen (secondary N) is 1. The quantitative estimate of drug-likeness (QED) is 0.794. The van der Waals surface area contributed by atoms with Crippen LogP contribution in [0.2, 0.25) is 0 Å². The standard InChI is InChI=1S/C17H17N3O/c18-11-14-4-1-5-15(9-14)12-20-8-7-13-3-2-6-16(10-13)17(19)21/h1-6,9-10,20H,7-8,12H2,(H2,19,21). The van der Waals surface area contributed by atoms with Gasteiger partial charge in [-0.05, 0) is 48.4 Å². The first-order valence-electron chi connectivity index (χ1n) is 6.77. The highest BCUT2D eigenvalue weighted by atomic mass is 16.1. The molecule has 0 unspecified atom stereocenters. The Bertz CT molecular complexity index is 674. The van der Waals surface area contributed by atoms with Crippen molar-refractivity contribution in [1.82, 2.24) is 5.32 Å². The summed E-state index contributed by atoms with van der Waals surface area (Å²) in [5.74, 6) is -0.405. The Hall–Kier alpha value is -2.64. The van der Waals surface area contributed by atoms with Crippen molar-refractivity contribution in [3.63, 3.8) is 0 Å². The van der Waals surface area contributed by atoms with E-state index in [9.17, 15) is 4.79 Å². The summed E-state index contributed by atoms with van der Waals surface area (Å²) in [6, 6.07) is 17.0. The predicted octanol–water partition coefficient (Wildman–Crippen LogP) is 1.99. The van der Waals surface area contributed by atoms with E-state index in [4.69, 9.17) is 11.0 Å². The van der Waals surface area contributed by atoms with Gasteiger partial charge in [0.15, 0.2) is 0 Å². The summed E-state index contributed by atoms with van der Waals surface area (Å²) < 4.78 is 0. The highest BCUT2D eigenvalue weighted by Crippen LogP contribution is 2.06. The van der Waals surface area contributed by atoms with Gasteiger partial charge in [0.1, 0.15) is 0 Å². The van der Waals surface area contributed by atoms with Gasteiger partial charge in [0.05, 0.1) is 11.6 Å². The molecule has 0 saturated carbocycles. The highest BCUT2D eigenvalue weighted by Gasteiger charge is 2.01. The zero-order valence-electron chi connectivity index (χ0n) is 11.7. The van der Waals surface area contributed by atoms with Gasteiger partial charge in [-0.25, -0.2) is 0 Å². The van der Waals surface area contributed by atoms with Crippen molar-refractivity contribution in [3.05, 3.63) is 70.8 Å². The Morgan fingerprint density at radius 2 is 1.90 bits per heavy atom. The van der Waals surface area contributed by atoms with Crippen LogP contribution in [0, 0.1) is 11.3 Å². The number of amides is 1. The summed E-state index contributed by atoms with van der Waals surface area (Å²) in [5, 5.41) is 12.2. The maximum atomic E-state index is 11.1. The van der Waals surface area contributed by atoms with Crippen molar-refractivity contribution in [2.45, 2.75) is 13.0 Å². The molecular formula is C17H17N3O. The van der Waals surface area contributed by atoms with Crippen LogP contribution in [-0.4, -0.2) is 12.5 Å². The molecule has 0 aliphatic rings. The Morgan fingerprint density at radius 3 is 2.67 bits per heavy atom. The SMILES string of the molecule is N#Cc1cccc(CNCCc2cccc(C(N)=O)c2)c1. The summed E-state index contributed by atoms with van der Waals surface area (Å²) in [6.45, 7) is 1.50. The minimum absolute atomic E-state index is 0.405. The molecule has 1 amide bonds. The summed E-state index contributed by atoms with van der Waals surface area (Å²) >= 11 is 0. The Kier molecular flexibility index (Phi) is 5.08. The van der Waals surface area contributed by atoms with Gasteiger partial charge in [-0.3, -0.25) is 4.79 Å². The number of hydrogen-bond donors (Lipinski definition) is 2. The van der Waals surface area contributed by atoms with Gasteiger partial charge < -0.3 is 11.1 Å². The van der Waals surface area contributed by atoms with Crippen LogP contribution in [-0.2, 0) is 13.0 Å². The molecule has 21 heavy (non-hydrogen) atoms. The fourth-order valence-electron chi connectivity index (χ4n) is 2.10. The first-order valence-corrected chi connectivity index (χ1v) is 6.77. The molecule has 0 aromatic heterocycles. The second kappa shape index (κ2) is 7.22. The molecule has 0 aliphatic heterocycles. The van der Waals surface area contributed by atoms with Crippen LogP contribution in [0.5, 0.6) is 0 Å². The second-order valence-corrected chi connectivity index (χ2v) is 4.80. The zero-order chi connectivity index (χ0) is 15.1. The van der Waals surface area contributed by atoms with Gasteiger partial charge in [-0.2, -0.15) is 5.26 Å². The average molecular weight is 279 g/mol. The lowest BCUT2D eigenvalue weighted by Crippen LogP contribution is -2.17. The molecular weight excluding hydrogens is 262 g/mol. The smallest absolute Gasteiger partial charge is 0.248 e. The Morgan fingerprint density at radius 1 is 1.14 bits per heavy atom. The third kappa shape index (κ3) is 4.44. The number of benzene rings is 2. The van der Waals surface area contributed by atoms with E-state index in [0.717, 1.165) is 24.1 Å². The molecule has 0 bridgehead atoms. The van der Waals surface area contributed by atoms with Crippen LogP contribution in [0.4, 0.5) is 0 Å². The lowest BCUT2D eigenvalue weighted by molar-refractivity contribution is 0.1000. The van der Waals surface area contributed by atoms with Crippen LogP contribution in [0.25, 0.3) is 0 Å². The van der Waals surface area contributed by atoms with Crippen LogP contribution in [0.3, 0.4) is 0 Å². The predicted molar refractivity (Wildman–Crippen MR) is 81.5 cm³/mol. The number of nitriles is 1. The van der Waals surface area contributed by atoms with E-state index in [1.807, 2.05) is 36.4 Å². The number of rotatable bonds is 6. The van der Waals surface area contributed by atoms with Crippen LogP contribution in [0.15, 0.2) is 48.5 Å². The van der Waals surface area contributed by atoms with Crippen molar-refractivity contribution < 1.29 is 4.79 Å². The molecule has 4 heteroatoms. The Labute approximate surface area is 124 Å². The van der Waals surface area contributed by atoms with Crippen molar-refractivity contribution >= 4 is 5.91 Å².